The van der Waals surface area contributed by atoms with Crippen molar-refractivity contribution in [1.29, 1.82) is 0 Å². The fraction of sp³-hybridized carbons (Fsp3) is 0.333. The van der Waals surface area contributed by atoms with E-state index in [9.17, 15) is 4.39 Å². The van der Waals surface area contributed by atoms with Gasteiger partial charge in [0.05, 0.1) is 6.04 Å². The SMILES string of the molecule is CNC(c1ccc(COC)o1)c1cc(F)ccc1C. The molecule has 0 aliphatic carbocycles. The van der Waals surface area contributed by atoms with Crippen molar-refractivity contribution in [2.45, 2.75) is 19.6 Å². The molecule has 19 heavy (non-hydrogen) atoms. The van der Waals surface area contributed by atoms with Gasteiger partial charge in [-0.25, -0.2) is 4.39 Å². The lowest BCUT2D eigenvalue weighted by atomic mass is 9.99. The van der Waals surface area contributed by atoms with Gasteiger partial charge in [-0.2, -0.15) is 0 Å². The van der Waals surface area contributed by atoms with Crippen molar-refractivity contribution in [3.05, 3.63) is 58.8 Å². The maximum atomic E-state index is 13.4. The molecule has 0 saturated carbocycles. The predicted molar refractivity (Wildman–Crippen MR) is 71.5 cm³/mol. The van der Waals surface area contributed by atoms with E-state index in [1.54, 1.807) is 13.2 Å². The van der Waals surface area contributed by atoms with Crippen LogP contribution in [0.4, 0.5) is 4.39 Å². The number of hydrogen-bond acceptors (Lipinski definition) is 3. The fourth-order valence-corrected chi connectivity index (χ4v) is 2.14. The first-order valence-corrected chi connectivity index (χ1v) is 6.16. The molecule has 1 atom stereocenters. The number of rotatable bonds is 5. The number of nitrogens with one attached hydrogen (secondary N) is 1. The zero-order valence-corrected chi connectivity index (χ0v) is 11.4. The van der Waals surface area contributed by atoms with Gasteiger partial charge in [-0.05, 0) is 49.4 Å². The van der Waals surface area contributed by atoms with Crippen LogP contribution in [0.3, 0.4) is 0 Å². The Hall–Kier alpha value is -1.65. The molecule has 0 spiro atoms. The normalized spacial score (nSPS) is 12.6. The maximum absolute atomic E-state index is 13.4. The summed E-state index contributed by atoms with van der Waals surface area (Å²) >= 11 is 0. The quantitative estimate of drug-likeness (QED) is 0.899. The smallest absolute Gasteiger partial charge is 0.129 e. The summed E-state index contributed by atoms with van der Waals surface area (Å²) in [4.78, 5) is 0. The first-order valence-electron chi connectivity index (χ1n) is 6.16. The molecule has 0 bridgehead atoms. The Morgan fingerprint density at radius 1 is 1.32 bits per heavy atom. The van der Waals surface area contributed by atoms with Crippen LogP contribution in [0.25, 0.3) is 0 Å². The topological polar surface area (TPSA) is 34.4 Å². The molecule has 0 saturated heterocycles. The average molecular weight is 263 g/mol. The van der Waals surface area contributed by atoms with Gasteiger partial charge in [-0.1, -0.05) is 6.07 Å². The highest BCUT2D eigenvalue weighted by molar-refractivity contribution is 5.34. The molecule has 4 heteroatoms. The van der Waals surface area contributed by atoms with Crippen LogP contribution >= 0.6 is 0 Å². The second-order valence-corrected chi connectivity index (χ2v) is 4.46. The Labute approximate surface area is 112 Å². The maximum Gasteiger partial charge on any atom is 0.129 e. The number of furan rings is 1. The summed E-state index contributed by atoms with van der Waals surface area (Å²) in [5, 5.41) is 3.16. The molecule has 2 rings (SSSR count). The molecule has 1 aromatic heterocycles. The average Bonchev–Trinajstić information content (AvgIpc) is 2.83. The zero-order chi connectivity index (χ0) is 13.8. The summed E-state index contributed by atoms with van der Waals surface area (Å²) in [7, 11) is 3.45. The predicted octanol–water partition coefficient (Wildman–Crippen LogP) is 3.18. The molecule has 1 unspecified atom stereocenters. The van der Waals surface area contributed by atoms with Crippen molar-refractivity contribution in [2.75, 3.05) is 14.2 Å². The van der Waals surface area contributed by atoms with Crippen molar-refractivity contribution in [3.8, 4) is 0 Å². The summed E-state index contributed by atoms with van der Waals surface area (Å²) in [6.07, 6.45) is 0. The third-order valence-corrected chi connectivity index (χ3v) is 3.09. The van der Waals surface area contributed by atoms with Gasteiger partial charge in [0.15, 0.2) is 0 Å². The van der Waals surface area contributed by atoms with Crippen LogP contribution in [0.5, 0.6) is 0 Å². The molecule has 102 valence electrons. The Morgan fingerprint density at radius 3 is 2.79 bits per heavy atom. The lowest BCUT2D eigenvalue weighted by Crippen LogP contribution is -2.18. The molecule has 0 aliphatic heterocycles. The number of aryl methyl sites for hydroxylation is 1. The van der Waals surface area contributed by atoms with Crippen molar-refractivity contribution in [1.82, 2.24) is 5.32 Å². The summed E-state index contributed by atoms with van der Waals surface area (Å²) in [6, 6.07) is 8.37. The third kappa shape index (κ3) is 3.03. The van der Waals surface area contributed by atoms with Gasteiger partial charge in [0, 0.05) is 7.11 Å². The standard InChI is InChI=1S/C15H18FNO2/c1-10-4-5-11(16)8-13(10)15(17-2)14-7-6-12(19-14)9-18-3/h4-8,15,17H,9H2,1-3H3. The van der Waals surface area contributed by atoms with Gasteiger partial charge in [-0.15, -0.1) is 0 Å². The van der Waals surface area contributed by atoms with Gasteiger partial charge in [-0.3, -0.25) is 0 Å². The van der Waals surface area contributed by atoms with E-state index in [0.717, 1.165) is 22.6 Å². The van der Waals surface area contributed by atoms with Crippen LogP contribution in [0.2, 0.25) is 0 Å². The van der Waals surface area contributed by atoms with Crippen LogP contribution < -0.4 is 5.32 Å². The van der Waals surface area contributed by atoms with E-state index in [-0.39, 0.29) is 11.9 Å². The summed E-state index contributed by atoms with van der Waals surface area (Å²) in [6.45, 7) is 2.39. The lowest BCUT2D eigenvalue weighted by Gasteiger charge is -2.16. The van der Waals surface area contributed by atoms with Gasteiger partial charge >= 0.3 is 0 Å². The van der Waals surface area contributed by atoms with Gasteiger partial charge in [0.1, 0.15) is 23.9 Å². The minimum absolute atomic E-state index is 0.165. The number of hydrogen-bond donors (Lipinski definition) is 1. The highest BCUT2D eigenvalue weighted by Gasteiger charge is 2.18. The fourth-order valence-electron chi connectivity index (χ4n) is 2.14. The lowest BCUT2D eigenvalue weighted by molar-refractivity contribution is 0.162. The summed E-state index contributed by atoms with van der Waals surface area (Å²) in [5.74, 6) is 1.26. The monoisotopic (exact) mass is 263 g/mol. The Morgan fingerprint density at radius 2 is 2.11 bits per heavy atom. The van der Waals surface area contributed by atoms with E-state index >= 15 is 0 Å². The number of methoxy groups -OCH3 is 1. The molecule has 0 amide bonds. The molecule has 0 aliphatic rings. The minimum Gasteiger partial charge on any atom is -0.462 e. The molecule has 0 fully saturated rings. The first kappa shape index (κ1) is 13.8. The van der Waals surface area contributed by atoms with E-state index in [2.05, 4.69) is 5.32 Å². The Kier molecular flexibility index (Phi) is 4.35. The van der Waals surface area contributed by atoms with Gasteiger partial charge < -0.3 is 14.5 Å². The number of ether oxygens (including phenoxy) is 1. The van der Waals surface area contributed by atoms with Crippen LogP contribution in [0, 0.1) is 12.7 Å². The Balaban J connectivity index is 2.35. The zero-order valence-electron chi connectivity index (χ0n) is 11.4. The minimum atomic E-state index is -0.246. The number of benzene rings is 1. The molecule has 3 nitrogen and oxygen atoms in total. The first-order chi connectivity index (χ1) is 9.15. The second kappa shape index (κ2) is 5.99. The van der Waals surface area contributed by atoms with Crippen molar-refractivity contribution >= 4 is 0 Å². The summed E-state index contributed by atoms with van der Waals surface area (Å²) in [5.41, 5.74) is 1.89. The van der Waals surface area contributed by atoms with Crippen LogP contribution in [0.15, 0.2) is 34.7 Å². The van der Waals surface area contributed by atoms with Crippen molar-refractivity contribution in [2.24, 2.45) is 0 Å². The second-order valence-electron chi connectivity index (χ2n) is 4.46. The van der Waals surface area contributed by atoms with E-state index < -0.39 is 0 Å². The largest absolute Gasteiger partial charge is 0.462 e. The Bertz CT molecular complexity index is 551. The molecular formula is C15H18FNO2. The van der Waals surface area contributed by atoms with Crippen LogP contribution in [-0.4, -0.2) is 14.2 Å². The number of halogens is 1. The highest BCUT2D eigenvalue weighted by atomic mass is 19.1. The summed E-state index contributed by atoms with van der Waals surface area (Å²) < 4.78 is 24.2. The molecular weight excluding hydrogens is 245 g/mol. The molecule has 1 N–H and O–H groups in total. The molecule has 1 aromatic carbocycles. The van der Waals surface area contributed by atoms with Crippen LogP contribution in [0.1, 0.15) is 28.7 Å². The molecule has 2 aromatic rings. The molecule has 0 radical (unpaired) electrons. The van der Waals surface area contributed by atoms with E-state index in [1.165, 1.54) is 12.1 Å². The van der Waals surface area contributed by atoms with Gasteiger partial charge in [0.2, 0.25) is 0 Å². The third-order valence-electron chi connectivity index (χ3n) is 3.09. The molecule has 1 heterocycles. The van der Waals surface area contributed by atoms with Crippen LogP contribution in [-0.2, 0) is 11.3 Å². The van der Waals surface area contributed by atoms with Gasteiger partial charge in [0.25, 0.3) is 0 Å². The van der Waals surface area contributed by atoms with E-state index in [4.69, 9.17) is 9.15 Å². The highest BCUT2D eigenvalue weighted by Crippen LogP contribution is 2.27. The van der Waals surface area contributed by atoms with E-state index in [0.29, 0.717) is 6.61 Å². The van der Waals surface area contributed by atoms with Crippen molar-refractivity contribution < 1.29 is 13.5 Å². The van der Waals surface area contributed by atoms with Crippen molar-refractivity contribution in [3.63, 3.8) is 0 Å². The van der Waals surface area contributed by atoms with E-state index in [1.807, 2.05) is 26.1 Å².